The lowest BCUT2D eigenvalue weighted by Crippen LogP contribution is -2.52. The molecule has 0 unspecified atom stereocenters. The summed E-state index contributed by atoms with van der Waals surface area (Å²) in [4.78, 5) is 15.7. The molecular weight excluding hydrogens is 360 g/mol. The lowest BCUT2D eigenvalue weighted by atomic mass is 10.2. The predicted octanol–water partition coefficient (Wildman–Crippen LogP) is 2.55. The number of rotatable bonds is 6. The van der Waals surface area contributed by atoms with Crippen LogP contribution in [-0.2, 0) is 6.54 Å². The van der Waals surface area contributed by atoms with Gasteiger partial charge in [0, 0.05) is 66.6 Å². The SMILES string of the molecule is CN=C(NCc1ccnc(N(C)C)c1)N1CCN(C/C=C/c2ccccc2)CC1. The van der Waals surface area contributed by atoms with Gasteiger partial charge in [-0.2, -0.15) is 0 Å². The standard InChI is InChI=1S/C23H32N6/c1-24-23(26-19-21-11-12-25-22(18-21)27(2)3)29-16-14-28(15-17-29)13-7-10-20-8-5-4-6-9-20/h4-12,18H,13-17,19H2,1-3H3,(H,24,26)/b10-7+. The molecule has 1 saturated heterocycles. The Bertz CT molecular complexity index is 807. The molecule has 0 saturated carbocycles. The van der Waals surface area contributed by atoms with Crippen molar-refractivity contribution in [2.75, 3.05) is 58.8 Å². The van der Waals surface area contributed by atoms with Crippen molar-refractivity contribution in [1.29, 1.82) is 0 Å². The van der Waals surface area contributed by atoms with Crippen molar-refractivity contribution in [3.8, 4) is 0 Å². The van der Waals surface area contributed by atoms with E-state index in [-0.39, 0.29) is 0 Å². The molecule has 0 spiro atoms. The predicted molar refractivity (Wildman–Crippen MR) is 122 cm³/mol. The van der Waals surface area contributed by atoms with Crippen molar-refractivity contribution in [2.24, 2.45) is 4.99 Å². The molecule has 2 heterocycles. The van der Waals surface area contributed by atoms with E-state index in [1.165, 1.54) is 11.1 Å². The van der Waals surface area contributed by atoms with E-state index < -0.39 is 0 Å². The summed E-state index contributed by atoms with van der Waals surface area (Å²) in [5, 5.41) is 3.50. The molecule has 3 rings (SSSR count). The molecule has 0 radical (unpaired) electrons. The fraction of sp³-hybridized carbons (Fsp3) is 0.391. The van der Waals surface area contributed by atoms with Crippen LogP contribution in [0, 0.1) is 0 Å². The van der Waals surface area contributed by atoms with E-state index in [4.69, 9.17) is 0 Å². The fourth-order valence-electron chi connectivity index (χ4n) is 3.37. The van der Waals surface area contributed by atoms with Crippen LogP contribution >= 0.6 is 0 Å². The number of aromatic nitrogens is 1. The Kier molecular flexibility index (Phi) is 7.64. The topological polar surface area (TPSA) is 47.0 Å². The van der Waals surface area contributed by atoms with E-state index >= 15 is 0 Å². The molecule has 6 heteroatoms. The van der Waals surface area contributed by atoms with Gasteiger partial charge in [-0.25, -0.2) is 4.98 Å². The van der Waals surface area contributed by atoms with Crippen LogP contribution in [0.25, 0.3) is 6.08 Å². The number of nitrogens with one attached hydrogen (secondary N) is 1. The summed E-state index contributed by atoms with van der Waals surface area (Å²) in [5.41, 5.74) is 2.46. The molecule has 1 fully saturated rings. The molecule has 6 nitrogen and oxygen atoms in total. The number of nitrogens with zero attached hydrogens (tertiary/aromatic N) is 5. The summed E-state index contributed by atoms with van der Waals surface area (Å²) in [6.07, 6.45) is 6.31. The Morgan fingerprint density at radius 2 is 1.90 bits per heavy atom. The Morgan fingerprint density at radius 3 is 2.59 bits per heavy atom. The van der Waals surface area contributed by atoms with E-state index in [0.29, 0.717) is 0 Å². The van der Waals surface area contributed by atoms with E-state index in [1.54, 1.807) is 0 Å². The number of hydrogen-bond donors (Lipinski definition) is 1. The van der Waals surface area contributed by atoms with Gasteiger partial charge in [0.25, 0.3) is 0 Å². The van der Waals surface area contributed by atoms with Gasteiger partial charge in [0.15, 0.2) is 5.96 Å². The molecule has 1 aromatic heterocycles. The minimum absolute atomic E-state index is 0.746. The molecule has 1 aliphatic rings. The molecule has 154 valence electrons. The lowest BCUT2D eigenvalue weighted by molar-refractivity contribution is 0.194. The summed E-state index contributed by atoms with van der Waals surface area (Å²) >= 11 is 0. The van der Waals surface area contributed by atoms with Crippen molar-refractivity contribution in [3.63, 3.8) is 0 Å². The Morgan fingerprint density at radius 1 is 1.14 bits per heavy atom. The van der Waals surface area contributed by atoms with Crippen molar-refractivity contribution < 1.29 is 0 Å². The number of aliphatic imine (C=N–C) groups is 1. The molecule has 29 heavy (non-hydrogen) atoms. The van der Waals surface area contributed by atoms with Crippen molar-refractivity contribution >= 4 is 17.9 Å². The van der Waals surface area contributed by atoms with Crippen LogP contribution in [0.15, 0.2) is 59.7 Å². The number of anilines is 1. The first-order valence-electron chi connectivity index (χ1n) is 10.2. The first-order chi connectivity index (χ1) is 14.2. The third-order valence-electron chi connectivity index (χ3n) is 5.08. The molecule has 0 aliphatic carbocycles. The van der Waals surface area contributed by atoms with Gasteiger partial charge in [-0.15, -0.1) is 0 Å². The minimum Gasteiger partial charge on any atom is -0.363 e. The summed E-state index contributed by atoms with van der Waals surface area (Å²) in [5.74, 6) is 1.93. The van der Waals surface area contributed by atoms with Gasteiger partial charge in [-0.05, 0) is 23.3 Å². The lowest BCUT2D eigenvalue weighted by Gasteiger charge is -2.36. The van der Waals surface area contributed by atoms with Crippen LogP contribution in [0.2, 0.25) is 0 Å². The van der Waals surface area contributed by atoms with Crippen LogP contribution in [0.3, 0.4) is 0 Å². The van der Waals surface area contributed by atoms with E-state index in [9.17, 15) is 0 Å². The Hall–Kier alpha value is -2.86. The largest absolute Gasteiger partial charge is 0.363 e. The second-order valence-corrected chi connectivity index (χ2v) is 7.42. The smallest absolute Gasteiger partial charge is 0.194 e. The summed E-state index contributed by atoms with van der Waals surface area (Å²) in [6, 6.07) is 14.6. The second kappa shape index (κ2) is 10.6. The normalized spacial score (nSPS) is 15.7. The quantitative estimate of drug-likeness (QED) is 0.605. The minimum atomic E-state index is 0.746. The third kappa shape index (κ3) is 6.32. The summed E-state index contributed by atoms with van der Waals surface area (Å²) < 4.78 is 0. The Labute approximate surface area is 174 Å². The zero-order valence-electron chi connectivity index (χ0n) is 17.8. The average molecular weight is 393 g/mol. The summed E-state index contributed by atoms with van der Waals surface area (Å²) in [6.45, 7) is 5.78. The van der Waals surface area contributed by atoms with Gasteiger partial charge in [0.05, 0.1) is 0 Å². The second-order valence-electron chi connectivity index (χ2n) is 7.42. The molecule has 1 aromatic carbocycles. The molecule has 1 N–H and O–H groups in total. The zero-order valence-corrected chi connectivity index (χ0v) is 17.8. The fourth-order valence-corrected chi connectivity index (χ4v) is 3.37. The molecular formula is C23H32N6. The first kappa shape index (κ1) is 20.9. The van der Waals surface area contributed by atoms with Gasteiger partial charge in [0.2, 0.25) is 0 Å². The molecule has 2 aromatic rings. The van der Waals surface area contributed by atoms with Gasteiger partial charge in [0.1, 0.15) is 5.82 Å². The number of pyridine rings is 1. The molecule has 0 amide bonds. The molecule has 1 aliphatic heterocycles. The average Bonchev–Trinajstić information content (AvgIpc) is 2.76. The number of piperazine rings is 1. The number of guanidine groups is 1. The Balaban J connectivity index is 1.45. The molecule has 0 bridgehead atoms. The van der Waals surface area contributed by atoms with Gasteiger partial charge >= 0.3 is 0 Å². The van der Waals surface area contributed by atoms with Crippen LogP contribution < -0.4 is 10.2 Å². The highest BCUT2D eigenvalue weighted by atomic mass is 15.3. The monoisotopic (exact) mass is 392 g/mol. The van der Waals surface area contributed by atoms with E-state index in [0.717, 1.165) is 51.0 Å². The molecule has 0 atom stereocenters. The van der Waals surface area contributed by atoms with Crippen molar-refractivity contribution in [2.45, 2.75) is 6.54 Å². The maximum absolute atomic E-state index is 4.48. The van der Waals surface area contributed by atoms with Crippen LogP contribution in [0.5, 0.6) is 0 Å². The van der Waals surface area contributed by atoms with Crippen LogP contribution in [-0.4, -0.2) is 74.6 Å². The van der Waals surface area contributed by atoms with E-state index in [1.807, 2.05) is 44.4 Å². The highest BCUT2D eigenvalue weighted by Crippen LogP contribution is 2.10. The highest BCUT2D eigenvalue weighted by Gasteiger charge is 2.18. The zero-order chi connectivity index (χ0) is 20.5. The van der Waals surface area contributed by atoms with Crippen LogP contribution in [0.4, 0.5) is 5.82 Å². The van der Waals surface area contributed by atoms with Crippen molar-refractivity contribution in [1.82, 2.24) is 20.1 Å². The maximum Gasteiger partial charge on any atom is 0.194 e. The van der Waals surface area contributed by atoms with Gasteiger partial charge in [-0.3, -0.25) is 9.89 Å². The highest BCUT2D eigenvalue weighted by molar-refractivity contribution is 5.80. The van der Waals surface area contributed by atoms with Crippen molar-refractivity contribution in [3.05, 3.63) is 65.9 Å². The first-order valence-corrected chi connectivity index (χ1v) is 10.2. The number of hydrogen-bond acceptors (Lipinski definition) is 4. The number of benzene rings is 1. The van der Waals surface area contributed by atoms with E-state index in [2.05, 4.69) is 67.6 Å². The maximum atomic E-state index is 4.48. The summed E-state index contributed by atoms with van der Waals surface area (Å²) in [7, 11) is 5.87. The van der Waals surface area contributed by atoms with Gasteiger partial charge in [-0.1, -0.05) is 42.5 Å². The van der Waals surface area contributed by atoms with Gasteiger partial charge < -0.3 is 15.1 Å². The third-order valence-corrected chi connectivity index (χ3v) is 5.08. The van der Waals surface area contributed by atoms with Crippen LogP contribution in [0.1, 0.15) is 11.1 Å².